The van der Waals surface area contributed by atoms with Crippen LogP contribution in [0.3, 0.4) is 0 Å². The third-order valence-electron chi connectivity index (χ3n) is 1.54. The molecule has 66 valence electrons. The normalized spacial score (nSPS) is 10.1. The van der Waals surface area contributed by atoms with Gasteiger partial charge in [0.2, 0.25) is 0 Å². The second-order valence-corrected chi connectivity index (χ2v) is 2.60. The summed E-state index contributed by atoms with van der Waals surface area (Å²) in [5.41, 5.74) is 6.34. The molecule has 5 heteroatoms. The van der Waals surface area contributed by atoms with Gasteiger partial charge in [0.15, 0.2) is 0 Å². The fourth-order valence-electron chi connectivity index (χ4n) is 0.861. The average Bonchev–Trinajstić information content (AvgIpc) is 2.28. The molecular weight excluding hydrogens is 158 g/mol. The van der Waals surface area contributed by atoms with E-state index >= 15 is 0 Å². The summed E-state index contributed by atoms with van der Waals surface area (Å²) in [5.74, 6) is -0.373. The highest BCUT2D eigenvalue weighted by atomic mass is 16.4. The first kappa shape index (κ1) is 8.58. The highest BCUT2D eigenvalue weighted by molar-refractivity contribution is 5.66. The number of carboxylic acid groups (broad SMARTS) is 1. The first-order valence-electron chi connectivity index (χ1n) is 3.61. The van der Waals surface area contributed by atoms with Gasteiger partial charge in [-0.3, -0.25) is 9.48 Å². The summed E-state index contributed by atoms with van der Waals surface area (Å²) in [5, 5.41) is 12.3. The molecule has 1 heterocycles. The predicted octanol–water partition coefficient (Wildman–Crippen LogP) is 0.248. The van der Waals surface area contributed by atoms with Crippen molar-refractivity contribution in [2.24, 2.45) is 0 Å². The number of carbonyl (C=O) groups is 1. The van der Waals surface area contributed by atoms with Crippen LogP contribution in [0.25, 0.3) is 0 Å². The highest BCUT2D eigenvalue weighted by Gasteiger charge is 2.02. The van der Waals surface area contributed by atoms with Crippen LogP contribution in [-0.2, 0) is 11.3 Å². The molecule has 0 spiro atoms. The Labute approximate surface area is 69.8 Å². The molecular formula is C7H11N3O2. The number of hydrogen-bond donors (Lipinski definition) is 2. The number of rotatable bonds is 3. The number of aliphatic carboxylic acids is 1. The lowest BCUT2D eigenvalue weighted by atomic mass is 10.4. The first-order chi connectivity index (χ1) is 5.59. The van der Waals surface area contributed by atoms with Gasteiger partial charge in [-0.1, -0.05) is 0 Å². The minimum absolute atomic E-state index is 0.0700. The number of nitrogens with two attached hydrogens (primary N) is 1. The average molecular weight is 169 g/mol. The molecule has 0 saturated carbocycles. The van der Waals surface area contributed by atoms with E-state index in [0.717, 1.165) is 5.56 Å². The van der Waals surface area contributed by atoms with E-state index in [2.05, 4.69) is 5.10 Å². The molecule has 0 amide bonds. The van der Waals surface area contributed by atoms with Gasteiger partial charge in [-0.25, -0.2) is 0 Å². The van der Waals surface area contributed by atoms with Crippen LogP contribution >= 0.6 is 0 Å². The molecule has 0 aliphatic carbocycles. The lowest BCUT2D eigenvalue weighted by Crippen LogP contribution is -2.05. The molecule has 3 N–H and O–H groups in total. The van der Waals surface area contributed by atoms with Gasteiger partial charge in [0, 0.05) is 11.8 Å². The van der Waals surface area contributed by atoms with Crippen LogP contribution in [0.2, 0.25) is 0 Å². The Bertz CT molecular complexity index is 273. The van der Waals surface area contributed by atoms with E-state index < -0.39 is 5.97 Å². The van der Waals surface area contributed by atoms with Crippen molar-refractivity contribution in [3.63, 3.8) is 0 Å². The monoisotopic (exact) mass is 169 g/mol. The summed E-state index contributed by atoms with van der Waals surface area (Å²) in [6, 6.07) is 0. The van der Waals surface area contributed by atoms with E-state index in [9.17, 15) is 4.79 Å². The second kappa shape index (κ2) is 3.25. The Morgan fingerprint density at radius 1 is 1.83 bits per heavy atom. The Morgan fingerprint density at radius 3 is 2.92 bits per heavy atom. The Balaban J connectivity index is 2.58. The zero-order valence-electron chi connectivity index (χ0n) is 6.82. The molecule has 12 heavy (non-hydrogen) atoms. The molecule has 0 atom stereocenters. The van der Waals surface area contributed by atoms with E-state index in [1.54, 1.807) is 10.9 Å². The van der Waals surface area contributed by atoms with Crippen molar-refractivity contribution in [2.75, 3.05) is 5.73 Å². The van der Waals surface area contributed by atoms with Crippen molar-refractivity contribution < 1.29 is 9.90 Å². The molecule has 0 radical (unpaired) electrons. The van der Waals surface area contributed by atoms with Crippen LogP contribution in [0.1, 0.15) is 12.0 Å². The van der Waals surface area contributed by atoms with E-state index in [0.29, 0.717) is 12.4 Å². The predicted molar refractivity (Wildman–Crippen MR) is 43.6 cm³/mol. The Hall–Kier alpha value is -1.52. The lowest BCUT2D eigenvalue weighted by molar-refractivity contribution is -0.137. The van der Waals surface area contributed by atoms with Crippen molar-refractivity contribution >= 4 is 11.8 Å². The molecule has 0 aliphatic rings. The minimum Gasteiger partial charge on any atom is -0.481 e. The summed E-state index contributed by atoms with van der Waals surface area (Å²) in [6.07, 6.45) is 1.80. The van der Waals surface area contributed by atoms with Crippen LogP contribution in [0.4, 0.5) is 5.82 Å². The van der Waals surface area contributed by atoms with E-state index in [1.165, 1.54) is 0 Å². The number of carboxylic acids is 1. The number of anilines is 1. The van der Waals surface area contributed by atoms with E-state index in [-0.39, 0.29) is 6.42 Å². The zero-order chi connectivity index (χ0) is 9.14. The number of nitrogens with zero attached hydrogens (tertiary/aromatic N) is 2. The van der Waals surface area contributed by atoms with Crippen LogP contribution < -0.4 is 5.73 Å². The van der Waals surface area contributed by atoms with Crippen LogP contribution in [-0.4, -0.2) is 20.9 Å². The van der Waals surface area contributed by atoms with Gasteiger partial charge in [-0.05, 0) is 6.92 Å². The van der Waals surface area contributed by atoms with Gasteiger partial charge in [0.25, 0.3) is 0 Å². The van der Waals surface area contributed by atoms with Crippen molar-refractivity contribution in [1.82, 2.24) is 9.78 Å². The number of hydrogen-bond acceptors (Lipinski definition) is 3. The Morgan fingerprint density at radius 2 is 2.50 bits per heavy atom. The molecule has 0 fully saturated rings. The van der Waals surface area contributed by atoms with Crippen LogP contribution in [0.15, 0.2) is 6.20 Å². The van der Waals surface area contributed by atoms with Gasteiger partial charge >= 0.3 is 5.97 Å². The number of aryl methyl sites for hydroxylation is 2. The topological polar surface area (TPSA) is 81.1 Å². The van der Waals surface area contributed by atoms with Gasteiger partial charge < -0.3 is 10.8 Å². The van der Waals surface area contributed by atoms with Crippen molar-refractivity contribution in [1.29, 1.82) is 0 Å². The standard InChI is InChI=1S/C7H11N3O2/c1-5-4-10(9-7(5)8)3-2-6(11)12/h4H,2-3H2,1H3,(H2,8,9)(H,11,12). The third-order valence-corrected chi connectivity index (χ3v) is 1.54. The smallest absolute Gasteiger partial charge is 0.305 e. The highest BCUT2D eigenvalue weighted by Crippen LogP contribution is 2.06. The summed E-state index contributed by atoms with van der Waals surface area (Å²) < 4.78 is 1.54. The molecule has 1 aromatic heterocycles. The van der Waals surface area contributed by atoms with Crippen molar-refractivity contribution in [3.8, 4) is 0 Å². The number of aromatic nitrogens is 2. The Kier molecular flexibility index (Phi) is 2.32. The third kappa shape index (κ3) is 1.98. The maximum absolute atomic E-state index is 10.2. The van der Waals surface area contributed by atoms with Crippen molar-refractivity contribution in [2.45, 2.75) is 19.9 Å². The van der Waals surface area contributed by atoms with Crippen LogP contribution in [0, 0.1) is 6.92 Å². The van der Waals surface area contributed by atoms with E-state index in [1.807, 2.05) is 6.92 Å². The SMILES string of the molecule is Cc1cn(CCC(=O)O)nc1N. The largest absolute Gasteiger partial charge is 0.481 e. The number of nitrogen functional groups attached to an aromatic ring is 1. The van der Waals surface area contributed by atoms with Crippen molar-refractivity contribution in [3.05, 3.63) is 11.8 Å². The molecule has 0 unspecified atom stereocenters. The molecule has 0 aromatic carbocycles. The van der Waals surface area contributed by atoms with Gasteiger partial charge in [0.1, 0.15) is 5.82 Å². The molecule has 0 bridgehead atoms. The fraction of sp³-hybridized carbons (Fsp3) is 0.429. The quantitative estimate of drug-likeness (QED) is 0.679. The van der Waals surface area contributed by atoms with E-state index in [4.69, 9.17) is 10.8 Å². The zero-order valence-corrected chi connectivity index (χ0v) is 6.82. The van der Waals surface area contributed by atoms with Gasteiger partial charge in [-0.2, -0.15) is 5.10 Å². The van der Waals surface area contributed by atoms with Gasteiger partial charge in [0.05, 0.1) is 13.0 Å². The fourth-order valence-corrected chi connectivity index (χ4v) is 0.861. The molecule has 0 saturated heterocycles. The molecule has 1 rings (SSSR count). The maximum Gasteiger partial charge on any atom is 0.305 e. The summed E-state index contributed by atoms with van der Waals surface area (Å²) in [7, 11) is 0. The summed E-state index contributed by atoms with van der Waals surface area (Å²) >= 11 is 0. The second-order valence-electron chi connectivity index (χ2n) is 2.60. The molecule has 0 aliphatic heterocycles. The molecule has 5 nitrogen and oxygen atoms in total. The van der Waals surface area contributed by atoms with Gasteiger partial charge in [-0.15, -0.1) is 0 Å². The summed E-state index contributed by atoms with van der Waals surface area (Å²) in [6.45, 7) is 2.20. The maximum atomic E-state index is 10.2. The first-order valence-corrected chi connectivity index (χ1v) is 3.61. The summed E-state index contributed by atoms with van der Waals surface area (Å²) in [4.78, 5) is 10.2. The lowest BCUT2D eigenvalue weighted by Gasteiger charge is -1.95. The minimum atomic E-state index is -0.832. The molecule has 1 aromatic rings. The van der Waals surface area contributed by atoms with Crippen LogP contribution in [0.5, 0.6) is 0 Å².